The van der Waals surface area contributed by atoms with Crippen LogP contribution < -0.4 is 21.3 Å². The second kappa shape index (κ2) is 14.7. The topological polar surface area (TPSA) is 103 Å². The van der Waals surface area contributed by atoms with Gasteiger partial charge in [-0.1, -0.05) is 62.9 Å². The molecule has 0 bridgehead atoms. The molecule has 3 amide bonds. The molecule has 9 heteroatoms. The maximum atomic E-state index is 16.0. The third-order valence-corrected chi connectivity index (χ3v) is 12.0. The van der Waals surface area contributed by atoms with Crippen LogP contribution in [0.1, 0.15) is 122 Å². The Morgan fingerprint density at radius 3 is 2.43 bits per heavy atom. The SMILES string of the molecule is CC[C@H]1CCCCN1C(=O)C[C@H](NC(=O)[C@H]1C[C@@H]1c1ccccc1)C(=O)N[C@@H](C)C1NC2CCCC(F)C2(C2CCCCCC2)N1. The number of benzene rings is 1. The number of rotatable bonds is 10. The van der Waals surface area contributed by atoms with E-state index in [4.69, 9.17) is 0 Å². The van der Waals surface area contributed by atoms with Crippen molar-refractivity contribution in [3.63, 3.8) is 0 Å². The first kappa shape index (κ1) is 33.4. The lowest BCUT2D eigenvalue weighted by Crippen LogP contribution is -2.64. The maximum Gasteiger partial charge on any atom is 0.243 e. The van der Waals surface area contributed by atoms with E-state index in [0.29, 0.717) is 13.0 Å². The normalized spacial score (nSPS) is 34.5. The quantitative estimate of drug-likeness (QED) is 0.268. The molecule has 2 heterocycles. The second-order valence-corrected chi connectivity index (χ2v) is 14.9. The number of piperidine rings is 1. The Labute approximate surface area is 274 Å². The Bertz CT molecular complexity index is 1210. The number of hydrogen-bond donors (Lipinski definition) is 4. The Hall–Kier alpha value is -2.52. The summed E-state index contributed by atoms with van der Waals surface area (Å²) in [6, 6.07) is 8.88. The smallest absolute Gasteiger partial charge is 0.243 e. The van der Waals surface area contributed by atoms with E-state index in [9.17, 15) is 14.4 Å². The van der Waals surface area contributed by atoms with Crippen LogP contribution in [0.3, 0.4) is 0 Å². The van der Waals surface area contributed by atoms with Crippen molar-refractivity contribution in [2.24, 2.45) is 11.8 Å². The van der Waals surface area contributed by atoms with Gasteiger partial charge < -0.3 is 15.5 Å². The average Bonchev–Trinajstić information content (AvgIpc) is 3.84. The van der Waals surface area contributed by atoms with Crippen molar-refractivity contribution < 1.29 is 18.8 Å². The van der Waals surface area contributed by atoms with Crippen molar-refractivity contribution in [1.29, 1.82) is 0 Å². The van der Waals surface area contributed by atoms with Crippen molar-refractivity contribution in [3.05, 3.63) is 35.9 Å². The molecule has 5 aliphatic rings. The summed E-state index contributed by atoms with van der Waals surface area (Å²) in [6.07, 6.45) is 12.5. The van der Waals surface area contributed by atoms with Crippen molar-refractivity contribution in [2.45, 2.75) is 158 Å². The van der Waals surface area contributed by atoms with Gasteiger partial charge in [-0.2, -0.15) is 0 Å². The number of fused-ring (bicyclic) bond motifs is 1. The highest BCUT2D eigenvalue weighted by molar-refractivity contribution is 5.93. The number of likely N-dealkylation sites (tertiary alicyclic amines) is 1. The predicted octanol–water partition coefficient (Wildman–Crippen LogP) is 5.08. The summed E-state index contributed by atoms with van der Waals surface area (Å²) in [5.74, 6) is -0.398. The first-order valence-corrected chi connectivity index (χ1v) is 18.4. The molecule has 2 aliphatic heterocycles. The molecular weight excluding hydrogens is 581 g/mol. The fourth-order valence-electron chi connectivity index (χ4n) is 9.32. The zero-order valence-corrected chi connectivity index (χ0v) is 27.9. The predicted molar refractivity (Wildman–Crippen MR) is 178 cm³/mol. The summed E-state index contributed by atoms with van der Waals surface area (Å²) in [7, 11) is 0. The molecule has 9 atom stereocenters. The average molecular weight is 638 g/mol. The van der Waals surface area contributed by atoms with Crippen LogP contribution in [-0.4, -0.2) is 71.2 Å². The van der Waals surface area contributed by atoms with Gasteiger partial charge >= 0.3 is 0 Å². The van der Waals surface area contributed by atoms with Gasteiger partial charge in [-0.25, -0.2) is 4.39 Å². The lowest BCUT2D eigenvalue weighted by Gasteiger charge is -2.47. The van der Waals surface area contributed by atoms with Gasteiger partial charge in [-0.3, -0.25) is 25.0 Å². The molecule has 4 unspecified atom stereocenters. The van der Waals surface area contributed by atoms with Crippen LogP contribution in [-0.2, 0) is 14.4 Å². The Kier molecular flexibility index (Phi) is 10.7. The molecule has 1 aromatic carbocycles. The minimum atomic E-state index is -0.965. The zero-order valence-electron chi connectivity index (χ0n) is 27.9. The number of amides is 3. The first-order valence-electron chi connectivity index (χ1n) is 18.4. The van der Waals surface area contributed by atoms with Gasteiger partial charge in [0.05, 0.1) is 24.2 Å². The van der Waals surface area contributed by atoms with E-state index in [2.05, 4.69) is 28.2 Å². The zero-order chi connectivity index (χ0) is 32.3. The highest BCUT2D eigenvalue weighted by atomic mass is 19.1. The molecule has 0 radical (unpaired) electrons. The van der Waals surface area contributed by atoms with E-state index in [1.165, 1.54) is 12.8 Å². The van der Waals surface area contributed by atoms with Gasteiger partial charge in [-0.15, -0.1) is 0 Å². The maximum absolute atomic E-state index is 16.0. The number of carbonyl (C=O) groups excluding carboxylic acids is 3. The van der Waals surface area contributed by atoms with Crippen molar-refractivity contribution in [1.82, 2.24) is 26.2 Å². The number of hydrogen-bond acceptors (Lipinski definition) is 5. The summed E-state index contributed by atoms with van der Waals surface area (Å²) in [4.78, 5) is 43.1. The van der Waals surface area contributed by atoms with Crippen LogP contribution in [0.4, 0.5) is 4.39 Å². The third kappa shape index (κ3) is 7.01. The molecule has 5 fully saturated rings. The first-order chi connectivity index (χ1) is 22.3. The largest absolute Gasteiger partial charge is 0.349 e. The molecule has 46 heavy (non-hydrogen) atoms. The van der Waals surface area contributed by atoms with Gasteiger partial charge in [0.1, 0.15) is 12.2 Å². The minimum Gasteiger partial charge on any atom is -0.349 e. The highest BCUT2D eigenvalue weighted by Gasteiger charge is 2.58. The Morgan fingerprint density at radius 2 is 1.70 bits per heavy atom. The second-order valence-electron chi connectivity index (χ2n) is 14.9. The van der Waals surface area contributed by atoms with Gasteiger partial charge in [0, 0.05) is 24.5 Å². The number of alkyl halides is 1. The Morgan fingerprint density at radius 1 is 0.957 bits per heavy atom. The standard InChI is InChI=1S/C37H56FN5O3/c1-3-27-18-11-12-21-43(27)33(44)23-30(40-35(45)29-22-28(29)25-14-7-6-8-15-25)36(46)39-24(2)34-41-32-20-13-19-31(38)37(32,42-34)26-16-9-4-5-10-17-26/h6-8,14-15,24,26-32,34,41-42H,3-5,9-13,16-23H2,1-2H3,(H,39,46)(H,40,45)/t24-,27-,28+,29-,30-,31?,32?,34?,37?/m0/s1. The summed E-state index contributed by atoms with van der Waals surface area (Å²) < 4.78 is 16.0. The van der Waals surface area contributed by atoms with E-state index in [1.807, 2.05) is 42.2 Å². The Balaban J connectivity index is 1.15. The molecule has 6 rings (SSSR count). The van der Waals surface area contributed by atoms with Crippen LogP contribution in [0, 0.1) is 11.8 Å². The van der Waals surface area contributed by atoms with E-state index < -0.39 is 17.8 Å². The van der Waals surface area contributed by atoms with Crippen LogP contribution in [0.25, 0.3) is 0 Å². The molecule has 3 aliphatic carbocycles. The lowest BCUT2D eigenvalue weighted by molar-refractivity contribution is -0.139. The van der Waals surface area contributed by atoms with Gasteiger partial charge in [0.15, 0.2) is 0 Å². The molecule has 0 aromatic heterocycles. The van der Waals surface area contributed by atoms with Crippen LogP contribution in [0.5, 0.6) is 0 Å². The molecule has 8 nitrogen and oxygen atoms in total. The molecule has 3 saturated carbocycles. The summed E-state index contributed by atoms with van der Waals surface area (Å²) >= 11 is 0. The summed E-state index contributed by atoms with van der Waals surface area (Å²) in [5.41, 5.74) is 0.513. The molecular formula is C37H56FN5O3. The monoisotopic (exact) mass is 637 g/mol. The fourth-order valence-corrected chi connectivity index (χ4v) is 9.32. The molecule has 254 valence electrons. The van der Waals surface area contributed by atoms with Gasteiger partial charge in [0.25, 0.3) is 0 Å². The lowest BCUT2D eigenvalue weighted by atomic mass is 9.67. The van der Waals surface area contributed by atoms with Crippen LogP contribution >= 0.6 is 0 Å². The number of nitrogens with one attached hydrogen (secondary N) is 4. The van der Waals surface area contributed by atoms with Crippen LogP contribution in [0.15, 0.2) is 30.3 Å². The van der Waals surface area contributed by atoms with E-state index in [0.717, 1.165) is 76.2 Å². The molecule has 4 N–H and O–H groups in total. The van der Waals surface area contributed by atoms with E-state index >= 15 is 4.39 Å². The summed E-state index contributed by atoms with van der Waals surface area (Å²) in [6.45, 7) is 4.74. The van der Waals surface area contributed by atoms with Crippen LogP contribution in [0.2, 0.25) is 0 Å². The molecule has 0 spiro atoms. The number of nitrogens with zero attached hydrogens (tertiary/aromatic N) is 1. The van der Waals surface area contributed by atoms with E-state index in [1.54, 1.807) is 0 Å². The number of carbonyl (C=O) groups is 3. The number of halogens is 1. The van der Waals surface area contributed by atoms with Crippen molar-refractivity contribution in [2.75, 3.05) is 6.54 Å². The molecule has 2 saturated heterocycles. The van der Waals surface area contributed by atoms with Crippen molar-refractivity contribution >= 4 is 17.7 Å². The van der Waals surface area contributed by atoms with Gasteiger partial charge in [-0.05, 0) is 88.5 Å². The highest BCUT2D eigenvalue weighted by Crippen LogP contribution is 2.48. The van der Waals surface area contributed by atoms with Gasteiger partial charge in [0.2, 0.25) is 17.7 Å². The minimum absolute atomic E-state index is 0.0237. The summed E-state index contributed by atoms with van der Waals surface area (Å²) in [5, 5.41) is 13.6. The molecule has 1 aromatic rings. The van der Waals surface area contributed by atoms with E-state index in [-0.39, 0.29) is 66.2 Å². The fraction of sp³-hybridized carbons (Fsp3) is 0.757. The van der Waals surface area contributed by atoms with Crippen molar-refractivity contribution in [3.8, 4) is 0 Å². The third-order valence-electron chi connectivity index (χ3n) is 12.0.